The van der Waals surface area contributed by atoms with Gasteiger partial charge in [-0.1, -0.05) is 6.07 Å². The third kappa shape index (κ3) is 3.39. The highest BCUT2D eigenvalue weighted by molar-refractivity contribution is 7.92. The van der Waals surface area contributed by atoms with Gasteiger partial charge in [-0.3, -0.25) is 9.71 Å². The third-order valence-electron chi connectivity index (χ3n) is 4.10. The zero-order valence-electron chi connectivity index (χ0n) is 14.7. The van der Waals surface area contributed by atoms with Gasteiger partial charge in [0, 0.05) is 24.0 Å². The first-order valence-corrected chi connectivity index (χ1v) is 9.72. The third-order valence-corrected chi connectivity index (χ3v) is 5.45. The van der Waals surface area contributed by atoms with E-state index in [1.54, 1.807) is 18.2 Å². The lowest BCUT2D eigenvalue weighted by Gasteiger charge is -2.10. The maximum atomic E-state index is 14.2. The molecule has 0 amide bonds. The van der Waals surface area contributed by atoms with Crippen LogP contribution in [0.2, 0.25) is 0 Å². The zero-order valence-corrected chi connectivity index (χ0v) is 15.5. The van der Waals surface area contributed by atoms with E-state index in [2.05, 4.69) is 24.7 Å². The molecule has 28 heavy (non-hydrogen) atoms. The van der Waals surface area contributed by atoms with Crippen molar-refractivity contribution >= 4 is 26.6 Å². The Kier molecular flexibility index (Phi) is 4.44. The predicted octanol–water partition coefficient (Wildman–Crippen LogP) is 3.34. The van der Waals surface area contributed by atoms with Crippen molar-refractivity contribution in [3.05, 3.63) is 72.8 Å². The first-order valence-electron chi connectivity index (χ1n) is 8.24. The first-order chi connectivity index (χ1) is 13.4. The molecule has 1 N–H and O–H groups in total. The van der Waals surface area contributed by atoms with E-state index in [0.29, 0.717) is 16.5 Å². The fourth-order valence-electron chi connectivity index (χ4n) is 2.80. The molecule has 3 aromatic heterocycles. The van der Waals surface area contributed by atoms with Crippen molar-refractivity contribution in [2.75, 3.05) is 4.72 Å². The number of benzene rings is 1. The minimum Gasteiger partial charge on any atom is -0.263 e. The summed E-state index contributed by atoms with van der Waals surface area (Å²) in [5.74, 6) is -0.467. The van der Waals surface area contributed by atoms with Crippen LogP contribution in [0.5, 0.6) is 0 Å². The number of rotatable bonds is 4. The van der Waals surface area contributed by atoms with Crippen molar-refractivity contribution in [3.63, 3.8) is 0 Å². The summed E-state index contributed by atoms with van der Waals surface area (Å²) in [6, 6.07) is 9.33. The Labute approximate surface area is 160 Å². The minimum absolute atomic E-state index is 0.0543. The Morgan fingerprint density at radius 2 is 1.86 bits per heavy atom. The molecule has 1 aromatic carbocycles. The SMILES string of the molecule is Cc1cnc(F)c(-c2nccc3cc(S(=O)(=O)Nc4ccncn4)ccc23)c1. The normalized spacial score (nSPS) is 11.5. The summed E-state index contributed by atoms with van der Waals surface area (Å²) in [6.07, 6.45) is 5.63. The summed E-state index contributed by atoms with van der Waals surface area (Å²) in [5.41, 5.74) is 1.46. The number of nitrogens with zero attached hydrogens (tertiary/aromatic N) is 4. The van der Waals surface area contributed by atoms with Crippen LogP contribution in [0.15, 0.2) is 66.2 Å². The fraction of sp³-hybridized carbons (Fsp3) is 0.0526. The molecule has 0 bridgehead atoms. The van der Waals surface area contributed by atoms with Crippen molar-refractivity contribution in [1.29, 1.82) is 0 Å². The molecule has 4 rings (SSSR count). The Morgan fingerprint density at radius 3 is 2.64 bits per heavy atom. The molecule has 0 atom stereocenters. The van der Waals surface area contributed by atoms with Gasteiger partial charge in [-0.15, -0.1) is 0 Å². The highest BCUT2D eigenvalue weighted by atomic mass is 32.2. The van der Waals surface area contributed by atoms with Gasteiger partial charge in [-0.05, 0) is 48.2 Å². The van der Waals surface area contributed by atoms with Crippen LogP contribution in [0.3, 0.4) is 0 Å². The molecule has 4 aromatic rings. The second-order valence-corrected chi connectivity index (χ2v) is 7.78. The monoisotopic (exact) mass is 395 g/mol. The largest absolute Gasteiger partial charge is 0.263 e. The molecule has 3 heterocycles. The van der Waals surface area contributed by atoms with E-state index in [1.807, 2.05) is 6.92 Å². The van der Waals surface area contributed by atoms with E-state index in [0.717, 1.165) is 5.56 Å². The van der Waals surface area contributed by atoms with Gasteiger partial charge >= 0.3 is 0 Å². The Hall–Kier alpha value is -3.46. The van der Waals surface area contributed by atoms with Crippen molar-refractivity contribution in [1.82, 2.24) is 19.9 Å². The molecule has 140 valence electrons. The molecule has 0 aliphatic heterocycles. The van der Waals surface area contributed by atoms with Crippen LogP contribution in [-0.2, 0) is 10.0 Å². The highest BCUT2D eigenvalue weighted by Gasteiger charge is 2.17. The lowest BCUT2D eigenvalue weighted by atomic mass is 10.0. The van der Waals surface area contributed by atoms with Crippen LogP contribution in [-0.4, -0.2) is 28.4 Å². The Bertz CT molecular complexity index is 1280. The summed E-state index contributed by atoms with van der Waals surface area (Å²) >= 11 is 0. The van der Waals surface area contributed by atoms with E-state index < -0.39 is 16.0 Å². The maximum Gasteiger partial charge on any atom is 0.263 e. The highest BCUT2D eigenvalue weighted by Crippen LogP contribution is 2.30. The number of anilines is 1. The number of nitrogens with one attached hydrogen (secondary N) is 1. The zero-order chi connectivity index (χ0) is 19.7. The maximum absolute atomic E-state index is 14.2. The van der Waals surface area contributed by atoms with E-state index in [9.17, 15) is 12.8 Å². The van der Waals surface area contributed by atoms with Gasteiger partial charge in [0.25, 0.3) is 10.0 Å². The number of hydrogen-bond donors (Lipinski definition) is 1. The number of fused-ring (bicyclic) bond motifs is 1. The smallest absolute Gasteiger partial charge is 0.263 e. The summed E-state index contributed by atoms with van der Waals surface area (Å²) in [7, 11) is -3.84. The second kappa shape index (κ2) is 6.93. The lowest BCUT2D eigenvalue weighted by Crippen LogP contribution is -2.13. The molecule has 0 spiro atoms. The first kappa shape index (κ1) is 17.9. The van der Waals surface area contributed by atoms with Gasteiger partial charge in [0.05, 0.1) is 16.2 Å². The Morgan fingerprint density at radius 1 is 1.00 bits per heavy atom. The van der Waals surface area contributed by atoms with E-state index in [4.69, 9.17) is 0 Å². The van der Waals surface area contributed by atoms with Crippen molar-refractivity contribution in [3.8, 4) is 11.3 Å². The van der Waals surface area contributed by atoms with E-state index in [-0.39, 0.29) is 16.3 Å². The molecule has 9 heteroatoms. The molecular formula is C19H14FN5O2S. The van der Waals surface area contributed by atoms with Crippen LogP contribution in [0.1, 0.15) is 5.56 Å². The van der Waals surface area contributed by atoms with Crippen LogP contribution in [0, 0.1) is 12.9 Å². The number of sulfonamides is 1. The Balaban J connectivity index is 1.80. The predicted molar refractivity (Wildman–Crippen MR) is 103 cm³/mol. The van der Waals surface area contributed by atoms with Gasteiger partial charge in [-0.2, -0.15) is 4.39 Å². The number of pyridine rings is 2. The number of aromatic nitrogens is 4. The molecule has 7 nitrogen and oxygen atoms in total. The average Bonchev–Trinajstić information content (AvgIpc) is 2.69. The number of halogens is 1. The molecule has 0 radical (unpaired) electrons. The molecule has 0 aliphatic carbocycles. The van der Waals surface area contributed by atoms with Crippen molar-refractivity contribution in [2.45, 2.75) is 11.8 Å². The van der Waals surface area contributed by atoms with Crippen LogP contribution >= 0.6 is 0 Å². The summed E-state index contributed by atoms with van der Waals surface area (Å²) in [4.78, 5) is 15.7. The molecule has 0 saturated carbocycles. The molecular weight excluding hydrogens is 381 g/mol. The standard InChI is InChI=1S/C19H14FN5O2S/c1-12-8-16(19(20)23-10-12)18-15-3-2-14(9-13(15)4-7-22-18)28(26,27)25-17-5-6-21-11-24-17/h2-11H,1H3,(H,21,24,25). The van der Waals surface area contributed by atoms with Gasteiger partial charge in [0.1, 0.15) is 12.1 Å². The molecule has 0 fully saturated rings. The van der Waals surface area contributed by atoms with E-state index in [1.165, 1.54) is 43.1 Å². The number of aryl methyl sites for hydroxylation is 1. The topological polar surface area (TPSA) is 97.7 Å². The average molecular weight is 395 g/mol. The molecule has 0 saturated heterocycles. The quantitative estimate of drug-likeness (QED) is 0.532. The van der Waals surface area contributed by atoms with Crippen LogP contribution in [0.4, 0.5) is 10.2 Å². The van der Waals surface area contributed by atoms with Gasteiger partial charge in [-0.25, -0.2) is 23.4 Å². The number of hydrogen-bond acceptors (Lipinski definition) is 6. The van der Waals surface area contributed by atoms with Gasteiger partial charge in [0.15, 0.2) is 0 Å². The fourth-order valence-corrected chi connectivity index (χ4v) is 3.85. The minimum atomic E-state index is -3.84. The van der Waals surface area contributed by atoms with Gasteiger partial charge < -0.3 is 0 Å². The van der Waals surface area contributed by atoms with Crippen molar-refractivity contribution in [2.24, 2.45) is 0 Å². The van der Waals surface area contributed by atoms with Crippen LogP contribution < -0.4 is 4.72 Å². The van der Waals surface area contributed by atoms with Crippen LogP contribution in [0.25, 0.3) is 22.0 Å². The summed E-state index contributed by atoms with van der Waals surface area (Å²) < 4.78 is 41.9. The summed E-state index contributed by atoms with van der Waals surface area (Å²) in [6.45, 7) is 1.81. The van der Waals surface area contributed by atoms with E-state index >= 15 is 0 Å². The molecule has 0 unspecified atom stereocenters. The second-order valence-electron chi connectivity index (χ2n) is 6.09. The summed E-state index contributed by atoms with van der Waals surface area (Å²) in [5, 5.41) is 1.23. The molecule has 0 aliphatic rings. The van der Waals surface area contributed by atoms with Crippen molar-refractivity contribution < 1.29 is 12.8 Å². The lowest BCUT2D eigenvalue weighted by molar-refractivity contribution is 0.586. The van der Waals surface area contributed by atoms with Gasteiger partial charge in [0.2, 0.25) is 5.95 Å².